The SMILES string of the molecule is CCCCCCCCCCC1(CCCCCCC)OCCCO1. The summed E-state index contributed by atoms with van der Waals surface area (Å²) in [6.07, 6.45) is 20.9. The zero-order valence-corrected chi connectivity index (χ0v) is 16.0. The predicted molar refractivity (Wildman–Crippen MR) is 99.9 cm³/mol. The van der Waals surface area contributed by atoms with Crippen molar-refractivity contribution in [2.45, 2.75) is 122 Å². The highest BCUT2D eigenvalue weighted by Crippen LogP contribution is 2.31. The van der Waals surface area contributed by atoms with Crippen molar-refractivity contribution < 1.29 is 9.47 Å². The van der Waals surface area contributed by atoms with Crippen molar-refractivity contribution in [3.05, 3.63) is 0 Å². The van der Waals surface area contributed by atoms with E-state index in [2.05, 4.69) is 13.8 Å². The lowest BCUT2D eigenvalue weighted by atomic mass is 9.98. The standard InChI is InChI=1S/C21H42O2/c1-3-5-7-9-10-11-13-15-18-21(22-19-16-20-23-21)17-14-12-8-6-4-2/h3-20H2,1-2H3. The Labute approximate surface area is 145 Å². The van der Waals surface area contributed by atoms with Gasteiger partial charge in [-0.05, 0) is 19.3 Å². The van der Waals surface area contributed by atoms with Crippen LogP contribution in [0.25, 0.3) is 0 Å². The Morgan fingerprint density at radius 2 is 0.957 bits per heavy atom. The fourth-order valence-corrected chi connectivity index (χ4v) is 3.56. The minimum Gasteiger partial charge on any atom is -0.350 e. The molecule has 1 heterocycles. The summed E-state index contributed by atoms with van der Waals surface area (Å²) in [4.78, 5) is 0. The van der Waals surface area contributed by atoms with Crippen LogP contribution in [0.1, 0.15) is 117 Å². The average molecular weight is 327 g/mol. The molecule has 0 saturated carbocycles. The Hall–Kier alpha value is -0.0800. The Morgan fingerprint density at radius 3 is 1.39 bits per heavy atom. The zero-order valence-electron chi connectivity index (χ0n) is 16.0. The van der Waals surface area contributed by atoms with Crippen LogP contribution in [0.4, 0.5) is 0 Å². The van der Waals surface area contributed by atoms with Crippen molar-refractivity contribution in [3.63, 3.8) is 0 Å². The van der Waals surface area contributed by atoms with Gasteiger partial charge >= 0.3 is 0 Å². The van der Waals surface area contributed by atoms with E-state index in [1.165, 1.54) is 83.5 Å². The summed E-state index contributed by atoms with van der Waals surface area (Å²) >= 11 is 0. The average Bonchev–Trinajstić information content (AvgIpc) is 2.58. The fraction of sp³-hybridized carbons (Fsp3) is 1.00. The highest BCUT2D eigenvalue weighted by molar-refractivity contribution is 4.73. The van der Waals surface area contributed by atoms with Crippen LogP contribution in [0.3, 0.4) is 0 Å². The lowest BCUT2D eigenvalue weighted by Gasteiger charge is -2.37. The first kappa shape index (κ1) is 21.0. The van der Waals surface area contributed by atoms with Crippen LogP contribution < -0.4 is 0 Å². The van der Waals surface area contributed by atoms with Gasteiger partial charge in [-0.15, -0.1) is 0 Å². The second kappa shape index (κ2) is 14.3. The molecule has 1 saturated heterocycles. The molecule has 0 N–H and O–H groups in total. The van der Waals surface area contributed by atoms with Gasteiger partial charge in [0.05, 0.1) is 13.2 Å². The van der Waals surface area contributed by atoms with Gasteiger partial charge in [0.2, 0.25) is 0 Å². The first-order chi connectivity index (χ1) is 11.3. The topological polar surface area (TPSA) is 18.5 Å². The van der Waals surface area contributed by atoms with Crippen molar-refractivity contribution in [2.24, 2.45) is 0 Å². The van der Waals surface area contributed by atoms with E-state index in [4.69, 9.17) is 9.47 Å². The first-order valence-electron chi connectivity index (χ1n) is 10.6. The molecule has 0 amide bonds. The molecule has 0 radical (unpaired) electrons. The van der Waals surface area contributed by atoms with Gasteiger partial charge in [-0.1, -0.05) is 84.5 Å². The van der Waals surface area contributed by atoms with E-state index in [1.807, 2.05) is 0 Å². The molecule has 1 aliphatic rings. The van der Waals surface area contributed by atoms with Crippen LogP contribution in [-0.2, 0) is 9.47 Å². The molecule has 1 rings (SSSR count). The van der Waals surface area contributed by atoms with Gasteiger partial charge in [-0.2, -0.15) is 0 Å². The smallest absolute Gasteiger partial charge is 0.168 e. The van der Waals surface area contributed by atoms with Gasteiger partial charge in [-0.25, -0.2) is 0 Å². The van der Waals surface area contributed by atoms with Crippen molar-refractivity contribution in [2.75, 3.05) is 13.2 Å². The molecule has 0 aromatic heterocycles. The van der Waals surface area contributed by atoms with Crippen LogP contribution in [0.2, 0.25) is 0 Å². The second-order valence-corrected chi connectivity index (χ2v) is 7.35. The van der Waals surface area contributed by atoms with Gasteiger partial charge in [0.15, 0.2) is 5.79 Å². The Morgan fingerprint density at radius 1 is 0.565 bits per heavy atom. The first-order valence-corrected chi connectivity index (χ1v) is 10.6. The molecule has 0 aliphatic carbocycles. The summed E-state index contributed by atoms with van der Waals surface area (Å²) in [6.45, 7) is 6.35. The third kappa shape index (κ3) is 10.4. The van der Waals surface area contributed by atoms with E-state index in [0.29, 0.717) is 0 Å². The maximum Gasteiger partial charge on any atom is 0.168 e. The number of hydrogen-bond acceptors (Lipinski definition) is 2. The normalized spacial score (nSPS) is 17.5. The van der Waals surface area contributed by atoms with E-state index in [0.717, 1.165) is 32.5 Å². The minimum atomic E-state index is -0.229. The maximum atomic E-state index is 6.11. The van der Waals surface area contributed by atoms with Gasteiger partial charge in [0, 0.05) is 12.8 Å². The molecule has 23 heavy (non-hydrogen) atoms. The molecule has 0 unspecified atom stereocenters. The lowest BCUT2D eigenvalue weighted by molar-refractivity contribution is -0.274. The fourth-order valence-electron chi connectivity index (χ4n) is 3.56. The molecule has 1 fully saturated rings. The van der Waals surface area contributed by atoms with E-state index in [-0.39, 0.29) is 5.79 Å². The molecule has 138 valence electrons. The van der Waals surface area contributed by atoms with E-state index >= 15 is 0 Å². The molecule has 0 atom stereocenters. The Kier molecular flexibility index (Phi) is 13.0. The molecule has 0 aromatic carbocycles. The summed E-state index contributed by atoms with van der Waals surface area (Å²) in [5.41, 5.74) is 0. The lowest BCUT2D eigenvalue weighted by Crippen LogP contribution is -2.40. The molecule has 0 aromatic rings. The molecule has 2 heteroatoms. The van der Waals surface area contributed by atoms with Crippen LogP contribution in [0, 0.1) is 0 Å². The van der Waals surface area contributed by atoms with Gasteiger partial charge < -0.3 is 9.47 Å². The maximum absolute atomic E-state index is 6.11. The summed E-state index contributed by atoms with van der Waals surface area (Å²) < 4.78 is 12.2. The van der Waals surface area contributed by atoms with Gasteiger partial charge in [0.25, 0.3) is 0 Å². The number of ether oxygens (including phenoxy) is 2. The highest BCUT2D eigenvalue weighted by Gasteiger charge is 2.33. The molecule has 0 bridgehead atoms. The Balaban J connectivity index is 2.12. The second-order valence-electron chi connectivity index (χ2n) is 7.35. The molecular weight excluding hydrogens is 284 g/mol. The molecule has 1 aliphatic heterocycles. The van der Waals surface area contributed by atoms with Crippen molar-refractivity contribution in [3.8, 4) is 0 Å². The largest absolute Gasteiger partial charge is 0.350 e. The highest BCUT2D eigenvalue weighted by atomic mass is 16.7. The van der Waals surface area contributed by atoms with Gasteiger partial charge in [0.1, 0.15) is 0 Å². The van der Waals surface area contributed by atoms with Crippen LogP contribution in [-0.4, -0.2) is 19.0 Å². The van der Waals surface area contributed by atoms with Crippen molar-refractivity contribution >= 4 is 0 Å². The molecule has 0 spiro atoms. The van der Waals surface area contributed by atoms with Crippen molar-refractivity contribution in [1.82, 2.24) is 0 Å². The predicted octanol–water partition coefficient (Wildman–Crippen LogP) is 7.01. The minimum absolute atomic E-state index is 0.229. The molecular formula is C21H42O2. The van der Waals surface area contributed by atoms with Crippen molar-refractivity contribution in [1.29, 1.82) is 0 Å². The number of hydrogen-bond donors (Lipinski definition) is 0. The summed E-state index contributed by atoms with van der Waals surface area (Å²) in [7, 11) is 0. The van der Waals surface area contributed by atoms with Gasteiger partial charge in [-0.3, -0.25) is 0 Å². The number of rotatable bonds is 15. The third-order valence-electron chi connectivity index (χ3n) is 5.09. The monoisotopic (exact) mass is 326 g/mol. The van der Waals surface area contributed by atoms with E-state index < -0.39 is 0 Å². The van der Waals surface area contributed by atoms with E-state index in [9.17, 15) is 0 Å². The summed E-state index contributed by atoms with van der Waals surface area (Å²) in [5.74, 6) is -0.229. The van der Waals surface area contributed by atoms with Crippen LogP contribution >= 0.6 is 0 Å². The quantitative estimate of drug-likeness (QED) is 0.301. The summed E-state index contributed by atoms with van der Waals surface area (Å²) in [5, 5.41) is 0. The summed E-state index contributed by atoms with van der Waals surface area (Å²) in [6, 6.07) is 0. The third-order valence-corrected chi connectivity index (χ3v) is 5.09. The van der Waals surface area contributed by atoms with E-state index in [1.54, 1.807) is 0 Å². The van der Waals surface area contributed by atoms with Crippen LogP contribution in [0.15, 0.2) is 0 Å². The molecule has 2 nitrogen and oxygen atoms in total. The number of unbranched alkanes of at least 4 members (excludes halogenated alkanes) is 11. The zero-order chi connectivity index (χ0) is 16.6. The van der Waals surface area contributed by atoms with Crippen LogP contribution in [0.5, 0.6) is 0 Å². The Bertz CT molecular complexity index is 246.